The molecule has 148 valence electrons. The van der Waals surface area contributed by atoms with Crippen LogP contribution in [-0.2, 0) is 13.1 Å². The van der Waals surface area contributed by atoms with Crippen molar-refractivity contribution in [1.82, 2.24) is 0 Å². The van der Waals surface area contributed by atoms with Crippen molar-refractivity contribution in [2.75, 3.05) is 9.80 Å². The highest BCUT2D eigenvalue weighted by Gasteiger charge is 2.33. The van der Waals surface area contributed by atoms with Gasteiger partial charge in [0.25, 0.3) is 0 Å². The topological polar surface area (TPSA) is 6.48 Å². The molecule has 3 heteroatoms. The fourth-order valence-corrected chi connectivity index (χ4v) is 4.42. The standard InChI is InChI=1S/C27H23ClN2/c28-24-15-17-25(18-16-24)29-20-23-13-7-8-14-26(23)30(19-21-9-3-1-4-10-21)27(29)22-11-5-2-6-12-22/h1-18,27H,19-20H2. The first-order valence-corrected chi connectivity index (χ1v) is 10.6. The predicted octanol–water partition coefficient (Wildman–Crippen LogP) is 7.07. The summed E-state index contributed by atoms with van der Waals surface area (Å²) in [6.45, 7) is 1.68. The van der Waals surface area contributed by atoms with Crippen molar-refractivity contribution >= 4 is 23.0 Å². The van der Waals surface area contributed by atoms with Gasteiger partial charge in [0.05, 0.1) is 0 Å². The number of halogens is 1. The zero-order chi connectivity index (χ0) is 20.3. The van der Waals surface area contributed by atoms with Crippen molar-refractivity contribution < 1.29 is 0 Å². The Hall–Kier alpha value is -3.23. The molecule has 4 aromatic carbocycles. The summed E-state index contributed by atoms with van der Waals surface area (Å²) in [6.07, 6.45) is 0.0856. The molecule has 0 radical (unpaired) electrons. The highest BCUT2D eigenvalue weighted by atomic mass is 35.5. The summed E-state index contributed by atoms with van der Waals surface area (Å²) in [5, 5.41) is 0.758. The minimum atomic E-state index is 0.0856. The van der Waals surface area contributed by atoms with E-state index in [1.54, 1.807) is 0 Å². The molecule has 0 fully saturated rings. The molecule has 1 unspecified atom stereocenters. The van der Waals surface area contributed by atoms with E-state index in [-0.39, 0.29) is 6.17 Å². The maximum Gasteiger partial charge on any atom is 0.129 e. The van der Waals surface area contributed by atoms with Gasteiger partial charge in [0.15, 0.2) is 0 Å². The van der Waals surface area contributed by atoms with Crippen molar-refractivity contribution in [3.05, 3.63) is 131 Å². The number of fused-ring (bicyclic) bond motifs is 1. The third-order valence-corrected chi connectivity index (χ3v) is 5.94. The van der Waals surface area contributed by atoms with Crippen LogP contribution in [0.5, 0.6) is 0 Å². The molecule has 0 saturated carbocycles. The van der Waals surface area contributed by atoms with E-state index in [0.29, 0.717) is 0 Å². The van der Waals surface area contributed by atoms with Gasteiger partial charge in [-0.3, -0.25) is 0 Å². The van der Waals surface area contributed by atoms with Crippen LogP contribution in [0.25, 0.3) is 0 Å². The molecule has 0 N–H and O–H groups in total. The summed E-state index contributed by atoms with van der Waals surface area (Å²) < 4.78 is 0. The number of para-hydroxylation sites is 1. The summed E-state index contributed by atoms with van der Waals surface area (Å²) in [7, 11) is 0. The van der Waals surface area contributed by atoms with Crippen LogP contribution in [0.1, 0.15) is 22.9 Å². The summed E-state index contributed by atoms with van der Waals surface area (Å²) in [5.41, 5.74) is 6.36. The SMILES string of the molecule is Clc1ccc(N2Cc3ccccc3N(Cc3ccccc3)C2c2ccccc2)cc1. The second-order valence-corrected chi connectivity index (χ2v) is 8.07. The Labute approximate surface area is 183 Å². The van der Waals surface area contributed by atoms with E-state index in [0.717, 1.165) is 18.1 Å². The fourth-order valence-electron chi connectivity index (χ4n) is 4.30. The van der Waals surface area contributed by atoms with Gasteiger partial charge in [-0.05, 0) is 47.0 Å². The molecule has 0 aromatic heterocycles. The Bertz CT molecular complexity index is 1110. The lowest BCUT2D eigenvalue weighted by atomic mass is 10.00. The van der Waals surface area contributed by atoms with Crippen molar-refractivity contribution in [3.8, 4) is 0 Å². The van der Waals surface area contributed by atoms with Gasteiger partial charge in [-0.15, -0.1) is 0 Å². The van der Waals surface area contributed by atoms with Crippen LogP contribution in [0.4, 0.5) is 11.4 Å². The molecule has 30 heavy (non-hydrogen) atoms. The van der Waals surface area contributed by atoms with E-state index in [4.69, 9.17) is 11.6 Å². The smallest absolute Gasteiger partial charge is 0.129 e. The van der Waals surface area contributed by atoms with Gasteiger partial charge in [-0.1, -0.05) is 90.5 Å². The summed E-state index contributed by atoms with van der Waals surface area (Å²) in [4.78, 5) is 4.98. The van der Waals surface area contributed by atoms with Gasteiger partial charge in [0, 0.05) is 29.5 Å². The zero-order valence-corrected chi connectivity index (χ0v) is 17.4. The normalized spacial score (nSPS) is 15.7. The van der Waals surface area contributed by atoms with Crippen LogP contribution in [0.3, 0.4) is 0 Å². The molecule has 1 aliphatic rings. The molecular weight excluding hydrogens is 388 g/mol. The van der Waals surface area contributed by atoms with Crippen molar-refractivity contribution in [2.24, 2.45) is 0 Å². The van der Waals surface area contributed by atoms with Gasteiger partial charge in [-0.2, -0.15) is 0 Å². The quantitative estimate of drug-likeness (QED) is 0.355. The van der Waals surface area contributed by atoms with E-state index in [2.05, 4.69) is 107 Å². The molecule has 4 aromatic rings. The van der Waals surface area contributed by atoms with Crippen LogP contribution in [0.2, 0.25) is 5.02 Å². The van der Waals surface area contributed by atoms with Crippen molar-refractivity contribution in [2.45, 2.75) is 19.3 Å². The lowest BCUT2D eigenvalue weighted by Gasteiger charge is -2.47. The molecule has 0 aliphatic carbocycles. The maximum atomic E-state index is 6.19. The third kappa shape index (κ3) is 3.67. The lowest BCUT2D eigenvalue weighted by Crippen LogP contribution is -2.45. The molecule has 1 heterocycles. The minimum absolute atomic E-state index is 0.0856. The number of benzene rings is 4. The minimum Gasteiger partial charge on any atom is -0.343 e. The highest BCUT2D eigenvalue weighted by Crippen LogP contribution is 2.42. The molecule has 0 bridgehead atoms. The van der Waals surface area contributed by atoms with Gasteiger partial charge < -0.3 is 9.80 Å². The predicted molar refractivity (Wildman–Crippen MR) is 126 cm³/mol. The van der Waals surface area contributed by atoms with Crippen LogP contribution >= 0.6 is 11.6 Å². The average molecular weight is 411 g/mol. The first kappa shape index (κ1) is 18.8. The molecule has 1 aliphatic heterocycles. The van der Waals surface area contributed by atoms with Gasteiger partial charge in [0.2, 0.25) is 0 Å². The van der Waals surface area contributed by atoms with Gasteiger partial charge in [-0.25, -0.2) is 0 Å². The first-order valence-electron chi connectivity index (χ1n) is 10.3. The first-order chi connectivity index (χ1) is 14.8. The van der Waals surface area contributed by atoms with E-state index in [1.807, 2.05) is 12.1 Å². The van der Waals surface area contributed by atoms with Crippen LogP contribution in [0.15, 0.2) is 109 Å². The molecule has 5 rings (SSSR count). The summed E-state index contributed by atoms with van der Waals surface area (Å²) in [6, 6.07) is 38.4. The van der Waals surface area contributed by atoms with Crippen molar-refractivity contribution in [1.29, 1.82) is 0 Å². The third-order valence-electron chi connectivity index (χ3n) is 5.68. The molecule has 1 atom stereocenters. The Morgan fingerprint density at radius 2 is 1.33 bits per heavy atom. The van der Waals surface area contributed by atoms with E-state index >= 15 is 0 Å². The Morgan fingerprint density at radius 1 is 0.700 bits per heavy atom. The zero-order valence-electron chi connectivity index (χ0n) is 16.7. The maximum absolute atomic E-state index is 6.19. The average Bonchev–Trinajstić information content (AvgIpc) is 2.80. The van der Waals surface area contributed by atoms with Crippen LogP contribution in [0, 0.1) is 0 Å². The number of hydrogen-bond donors (Lipinski definition) is 0. The Morgan fingerprint density at radius 3 is 2.07 bits per heavy atom. The van der Waals surface area contributed by atoms with Crippen LogP contribution in [-0.4, -0.2) is 0 Å². The Kier molecular flexibility index (Phi) is 5.17. The lowest BCUT2D eigenvalue weighted by molar-refractivity contribution is 0.543. The van der Waals surface area contributed by atoms with Crippen LogP contribution < -0.4 is 9.80 Å². The monoisotopic (exact) mass is 410 g/mol. The van der Waals surface area contributed by atoms with E-state index in [9.17, 15) is 0 Å². The van der Waals surface area contributed by atoms with Gasteiger partial charge in [0.1, 0.15) is 6.17 Å². The molecular formula is C27H23ClN2. The number of anilines is 2. The highest BCUT2D eigenvalue weighted by molar-refractivity contribution is 6.30. The number of nitrogens with zero attached hydrogens (tertiary/aromatic N) is 2. The number of rotatable bonds is 4. The second kappa shape index (κ2) is 8.25. The number of hydrogen-bond acceptors (Lipinski definition) is 2. The molecule has 0 amide bonds. The largest absolute Gasteiger partial charge is 0.343 e. The van der Waals surface area contributed by atoms with Gasteiger partial charge >= 0.3 is 0 Å². The second-order valence-electron chi connectivity index (χ2n) is 7.63. The fraction of sp³-hybridized carbons (Fsp3) is 0.111. The van der Waals surface area contributed by atoms with E-state index < -0.39 is 0 Å². The summed E-state index contributed by atoms with van der Waals surface area (Å²) >= 11 is 6.19. The molecule has 0 spiro atoms. The summed E-state index contributed by atoms with van der Waals surface area (Å²) in [5.74, 6) is 0. The molecule has 0 saturated heterocycles. The van der Waals surface area contributed by atoms with E-state index in [1.165, 1.54) is 28.1 Å². The molecule has 2 nitrogen and oxygen atoms in total. The Balaban J connectivity index is 1.66. The van der Waals surface area contributed by atoms with Crippen molar-refractivity contribution in [3.63, 3.8) is 0 Å².